The minimum absolute atomic E-state index is 0.114. The maximum absolute atomic E-state index is 13.2. The number of carboxylic acid groups (broad SMARTS) is 1. The van der Waals surface area contributed by atoms with E-state index in [-0.39, 0.29) is 16.1 Å². The number of aromatic carboxylic acids is 1. The number of nitro benzene ring substituents is 1. The molecule has 0 aliphatic rings. The molecule has 2 aromatic rings. The van der Waals surface area contributed by atoms with Crippen LogP contribution >= 0.6 is 11.8 Å². The molecule has 0 saturated carbocycles. The zero-order valence-corrected chi connectivity index (χ0v) is 10.8. The Labute approximate surface area is 117 Å². The van der Waals surface area contributed by atoms with E-state index in [1.165, 1.54) is 24.3 Å². The lowest BCUT2D eigenvalue weighted by Gasteiger charge is -2.03. The van der Waals surface area contributed by atoms with Gasteiger partial charge in [0.25, 0.3) is 5.69 Å². The normalized spacial score (nSPS) is 10.2. The molecule has 2 aromatic carbocycles. The highest BCUT2D eigenvalue weighted by molar-refractivity contribution is 7.99. The van der Waals surface area contributed by atoms with Crippen molar-refractivity contribution in [2.24, 2.45) is 0 Å². The first-order chi connectivity index (χ1) is 9.47. The Morgan fingerprint density at radius 1 is 1.20 bits per heavy atom. The predicted molar refractivity (Wildman–Crippen MR) is 70.6 cm³/mol. The van der Waals surface area contributed by atoms with Crippen LogP contribution in [0.25, 0.3) is 0 Å². The van der Waals surface area contributed by atoms with Crippen LogP contribution in [0.4, 0.5) is 10.1 Å². The standard InChI is InChI=1S/C13H8FNO4S/c14-9-3-6-11(15(18)19)12(7-9)20-10-4-1-8(2-5-10)13(16)17/h1-7H,(H,16,17). The lowest BCUT2D eigenvalue weighted by molar-refractivity contribution is -0.387. The van der Waals surface area contributed by atoms with Crippen LogP contribution in [0.3, 0.4) is 0 Å². The molecule has 0 aromatic heterocycles. The lowest BCUT2D eigenvalue weighted by atomic mass is 10.2. The summed E-state index contributed by atoms with van der Waals surface area (Å²) in [6.07, 6.45) is 0. The Morgan fingerprint density at radius 2 is 1.85 bits per heavy atom. The number of hydrogen-bond donors (Lipinski definition) is 1. The maximum Gasteiger partial charge on any atom is 0.335 e. The lowest BCUT2D eigenvalue weighted by Crippen LogP contribution is -1.95. The largest absolute Gasteiger partial charge is 0.478 e. The van der Waals surface area contributed by atoms with Gasteiger partial charge in [-0.1, -0.05) is 11.8 Å². The molecule has 0 saturated heterocycles. The van der Waals surface area contributed by atoms with Gasteiger partial charge in [-0.2, -0.15) is 0 Å². The van der Waals surface area contributed by atoms with Crippen molar-refractivity contribution in [2.45, 2.75) is 9.79 Å². The van der Waals surface area contributed by atoms with Gasteiger partial charge in [-0.3, -0.25) is 10.1 Å². The smallest absolute Gasteiger partial charge is 0.335 e. The SMILES string of the molecule is O=C(O)c1ccc(Sc2cc(F)ccc2[N+](=O)[O-])cc1. The van der Waals surface area contributed by atoms with Crippen LogP contribution < -0.4 is 0 Å². The third-order valence-electron chi connectivity index (χ3n) is 2.45. The van der Waals surface area contributed by atoms with Gasteiger partial charge >= 0.3 is 5.97 Å². The van der Waals surface area contributed by atoms with Crippen LogP contribution in [0, 0.1) is 15.9 Å². The highest BCUT2D eigenvalue weighted by Gasteiger charge is 2.15. The summed E-state index contributed by atoms with van der Waals surface area (Å²) in [6, 6.07) is 9.00. The second-order valence-electron chi connectivity index (χ2n) is 3.80. The van der Waals surface area contributed by atoms with Crippen LogP contribution in [0.15, 0.2) is 52.3 Å². The Morgan fingerprint density at radius 3 is 2.40 bits per heavy atom. The minimum atomic E-state index is -1.06. The summed E-state index contributed by atoms with van der Waals surface area (Å²) in [5, 5.41) is 19.6. The van der Waals surface area contributed by atoms with Crippen LogP contribution in [0.2, 0.25) is 0 Å². The average Bonchev–Trinajstić information content (AvgIpc) is 2.39. The van der Waals surface area contributed by atoms with E-state index in [1.807, 2.05) is 0 Å². The minimum Gasteiger partial charge on any atom is -0.478 e. The Balaban J connectivity index is 2.31. The van der Waals surface area contributed by atoms with Gasteiger partial charge in [0.05, 0.1) is 15.4 Å². The van der Waals surface area contributed by atoms with E-state index in [9.17, 15) is 19.3 Å². The number of hydrogen-bond acceptors (Lipinski definition) is 4. The van der Waals surface area contributed by atoms with Crippen molar-refractivity contribution in [1.29, 1.82) is 0 Å². The van der Waals surface area contributed by atoms with Gasteiger partial charge in [-0.25, -0.2) is 9.18 Å². The zero-order valence-electron chi connectivity index (χ0n) is 9.95. The summed E-state index contributed by atoms with van der Waals surface area (Å²) in [5.41, 5.74) is -0.0817. The quantitative estimate of drug-likeness (QED) is 0.688. The number of nitrogens with zero attached hydrogens (tertiary/aromatic N) is 1. The second kappa shape index (κ2) is 5.70. The topological polar surface area (TPSA) is 80.4 Å². The molecule has 5 nitrogen and oxygen atoms in total. The maximum atomic E-state index is 13.2. The fourth-order valence-electron chi connectivity index (χ4n) is 1.51. The summed E-state index contributed by atoms with van der Waals surface area (Å²) in [7, 11) is 0. The fraction of sp³-hybridized carbons (Fsp3) is 0. The number of carboxylic acids is 1. The van der Waals surface area contributed by atoms with Gasteiger partial charge in [0.2, 0.25) is 0 Å². The van der Waals surface area contributed by atoms with Crippen molar-refractivity contribution in [1.82, 2.24) is 0 Å². The molecular formula is C13H8FNO4S. The molecule has 102 valence electrons. The number of benzene rings is 2. The number of halogens is 1. The van der Waals surface area contributed by atoms with Crippen molar-refractivity contribution in [3.63, 3.8) is 0 Å². The number of carbonyl (C=O) groups is 1. The molecule has 0 amide bonds. The summed E-state index contributed by atoms with van der Waals surface area (Å²) in [5.74, 6) is -1.63. The molecule has 2 rings (SSSR count). The average molecular weight is 293 g/mol. The molecule has 20 heavy (non-hydrogen) atoms. The van der Waals surface area contributed by atoms with E-state index < -0.39 is 16.7 Å². The van der Waals surface area contributed by atoms with Crippen LogP contribution in [0.5, 0.6) is 0 Å². The third-order valence-corrected chi connectivity index (χ3v) is 3.50. The molecule has 0 radical (unpaired) electrons. The van der Waals surface area contributed by atoms with Crippen molar-refractivity contribution < 1.29 is 19.2 Å². The highest BCUT2D eigenvalue weighted by Crippen LogP contribution is 2.35. The summed E-state index contributed by atoms with van der Waals surface area (Å²) < 4.78 is 13.2. The summed E-state index contributed by atoms with van der Waals surface area (Å²) >= 11 is 1.00. The number of rotatable bonds is 4. The van der Waals surface area contributed by atoms with Gasteiger partial charge in [-0.15, -0.1) is 0 Å². The van der Waals surface area contributed by atoms with Crippen molar-refractivity contribution in [3.05, 3.63) is 64.0 Å². The molecule has 0 aliphatic carbocycles. The van der Waals surface area contributed by atoms with Crippen LogP contribution in [0.1, 0.15) is 10.4 Å². The molecule has 0 fully saturated rings. The highest BCUT2D eigenvalue weighted by atomic mass is 32.2. The predicted octanol–water partition coefficient (Wildman–Crippen LogP) is 3.58. The molecule has 0 heterocycles. The van der Waals surface area contributed by atoms with Gasteiger partial charge in [0.15, 0.2) is 0 Å². The fourth-order valence-corrected chi connectivity index (χ4v) is 2.46. The van der Waals surface area contributed by atoms with E-state index >= 15 is 0 Å². The van der Waals surface area contributed by atoms with E-state index in [0.717, 1.165) is 30.0 Å². The van der Waals surface area contributed by atoms with Crippen molar-refractivity contribution in [2.75, 3.05) is 0 Å². The van der Waals surface area contributed by atoms with Gasteiger partial charge in [0, 0.05) is 11.0 Å². The molecule has 0 spiro atoms. The van der Waals surface area contributed by atoms with Gasteiger partial charge in [0.1, 0.15) is 5.82 Å². The second-order valence-corrected chi connectivity index (χ2v) is 4.92. The molecule has 0 atom stereocenters. The first-order valence-corrected chi connectivity index (χ1v) is 6.24. The van der Waals surface area contributed by atoms with E-state index in [2.05, 4.69) is 0 Å². The zero-order chi connectivity index (χ0) is 14.7. The number of nitro groups is 1. The Bertz CT molecular complexity index is 673. The molecule has 0 bridgehead atoms. The first kappa shape index (κ1) is 14.0. The molecule has 1 N–H and O–H groups in total. The Hall–Kier alpha value is -2.41. The van der Waals surface area contributed by atoms with Crippen LogP contribution in [-0.4, -0.2) is 16.0 Å². The monoisotopic (exact) mass is 293 g/mol. The van der Waals surface area contributed by atoms with Crippen molar-refractivity contribution in [3.8, 4) is 0 Å². The summed E-state index contributed by atoms with van der Waals surface area (Å²) in [4.78, 5) is 21.7. The molecule has 0 unspecified atom stereocenters. The summed E-state index contributed by atoms with van der Waals surface area (Å²) in [6.45, 7) is 0. The van der Waals surface area contributed by atoms with E-state index in [4.69, 9.17) is 5.11 Å². The Kier molecular flexibility index (Phi) is 3.99. The molecule has 7 heteroatoms. The van der Waals surface area contributed by atoms with E-state index in [1.54, 1.807) is 0 Å². The molecule has 0 aliphatic heterocycles. The first-order valence-electron chi connectivity index (χ1n) is 5.42. The molecular weight excluding hydrogens is 285 g/mol. The third kappa shape index (κ3) is 3.12. The van der Waals surface area contributed by atoms with Crippen molar-refractivity contribution >= 4 is 23.4 Å². The van der Waals surface area contributed by atoms with E-state index in [0.29, 0.717) is 4.90 Å². The van der Waals surface area contributed by atoms with Gasteiger partial charge < -0.3 is 5.11 Å². The van der Waals surface area contributed by atoms with Crippen LogP contribution in [-0.2, 0) is 0 Å². The van der Waals surface area contributed by atoms with Gasteiger partial charge in [-0.05, 0) is 36.4 Å².